The third-order valence-electron chi connectivity index (χ3n) is 2.29. The summed E-state index contributed by atoms with van der Waals surface area (Å²) < 4.78 is 5.09. The summed E-state index contributed by atoms with van der Waals surface area (Å²) in [5, 5.41) is 0. The molecular weight excluding hydrogens is 174 g/mol. The molecule has 1 unspecified atom stereocenters. The van der Waals surface area contributed by atoms with E-state index in [1.54, 1.807) is 7.11 Å². The van der Waals surface area contributed by atoms with Crippen molar-refractivity contribution in [1.82, 2.24) is 0 Å². The molecule has 1 aromatic rings. The van der Waals surface area contributed by atoms with Crippen molar-refractivity contribution in [3.63, 3.8) is 0 Å². The highest BCUT2D eigenvalue weighted by atomic mass is 16.5. The molecule has 1 aromatic carbocycles. The first kappa shape index (κ1) is 11.2. The molecule has 0 aliphatic heterocycles. The lowest BCUT2D eigenvalue weighted by atomic mass is 10.00. The van der Waals surface area contributed by atoms with Gasteiger partial charge in [-0.3, -0.25) is 0 Å². The summed E-state index contributed by atoms with van der Waals surface area (Å²) in [6, 6.07) is 8.49. The van der Waals surface area contributed by atoms with Crippen LogP contribution in [-0.2, 0) is 17.8 Å². The Morgan fingerprint density at radius 3 is 2.71 bits per heavy atom. The van der Waals surface area contributed by atoms with E-state index >= 15 is 0 Å². The maximum Gasteiger partial charge on any atom is 0.0713 e. The number of nitrogens with two attached hydrogens (primary N) is 1. The summed E-state index contributed by atoms with van der Waals surface area (Å²) in [5.74, 6) is 0.549. The Bertz CT molecular complexity index is 273. The van der Waals surface area contributed by atoms with Crippen LogP contribution < -0.4 is 5.73 Å². The Labute approximate surface area is 86.1 Å². The average Bonchev–Trinajstić information content (AvgIpc) is 2.19. The summed E-state index contributed by atoms with van der Waals surface area (Å²) in [6.45, 7) is 3.60. The van der Waals surface area contributed by atoms with Gasteiger partial charge in [0.2, 0.25) is 0 Å². The number of rotatable bonds is 5. The summed E-state index contributed by atoms with van der Waals surface area (Å²) >= 11 is 0. The summed E-state index contributed by atoms with van der Waals surface area (Å²) in [6.07, 6.45) is 1.05. The normalized spacial score (nSPS) is 12.8. The lowest BCUT2D eigenvalue weighted by Gasteiger charge is -2.09. The fourth-order valence-corrected chi connectivity index (χ4v) is 1.50. The molecule has 14 heavy (non-hydrogen) atoms. The van der Waals surface area contributed by atoms with Gasteiger partial charge < -0.3 is 10.5 Å². The number of benzene rings is 1. The third-order valence-corrected chi connectivity index (χ3v) is 2.29. The SMILES string of the molecule is COCc1cccc(CC(C)CN)c1. The molecule has 0 aromatic heterocycles. The minimum atomic E-state index is 0.549. The molecule has 0 aliphatic carbocycles. The van der Waals surface area contributed by atoms with E-state index in [1.165, 1.54) is 11.1 Å². The van der Waals surface area contributed by atoms with Gasteiger partial charge in [0.05, 0.1) is 6.61 Å². The van der Waals surface area contributed by atoms with Crippen molar-refractivity contribution in [3.8, 4) is 0 Å². The molecule has 0 saturated heterocycles. The maximum absolute atomic E-state index is 5.59. The Kier molecular flexibility index (Phi) is 4.63. The van der Waals surface area contributed by atoms with Gasteiger partial charge in [-0.1, -0.05) is 31.2 Å². The Morgan fingerprint density at radius 1 is 1.36 bits per heavy atom. The molecule has 0 fully saturated rings. The first-order valence-corrected chi connectivity index (χ1v) is 5.03. The molecule has 1 atom stereocenters. The minimum absolute atomic E-state index is 0.549. The van der Waals surface area contributed by atoms with Gasteiger partial charge in [0.15, 0.2) is 0 Å². The highest BCUT2D eigenvalue weighted by molar-refractivity contribution is 5.23. The summed E-state index contributed by atoms with van der Waals surface area (Å²) in [5.41, 5.74) is 8.17. The predicted molar refractivity (Wildman–Crippen MR) is 59.1 cm³/mol. The predicted octanol–water partition coefficient (Wildman–Crippen LogP) is 1.97. The van der Waals surface area contributed by atoms with Crippen molar-refractivity contribution in [3.05, 3.63) is 35.4 Å². The van der Waals surface area contributed by atoms with Gasteiger partial charge in [-0.15, -0.1) is 0 Å². The molecular formula is C12H19NO. The van der Waals surface area contributed by atoms with Gasteiger partial charge in [0.25, 0.3) is 0 Å². The molecule has 0 amide bonds. The van der Waals surface area contributed by atoms with E-state index in [0.29, 0.717) is 12.5 Å². The zero-order chi connectivity index (χ0) is 10.4. The number of ether oxygens (including phenoxy) is 1. The standard InChI is InChI=1S/C12H19NO/c1-10(8-13)6-11-4-3-5-12(7-11)9-14-2/h3-5,7,10H,6,8-9,13H2,1-2H3. The van der Waals surface area contributed by atoms with Gasteiger partial charge in [0.1, 0.15) is 0 Å². The van der Waals surface area contributed by atoms with Gasteiger partial charge in [0, 0.05) is 7.11 Å². The van der Waals surface area contributed by atoms with E-state index in [1.807, 2.05) is 0 Å². The van der Waals surface area contributed by atoms with E-state index < -0.39 is 0 Å². The van der Waals surface area contributed by atoms with Crippen LogP contribution in [0, 0.1) is 5.92 Å². The van der Waals surface area contributed by atoms with E-state index in [-0.39, 0.29) is 0 Å². The quantitative estimate of drug-likeness (QED) is 0.776. The van der Waals surface area contributed by atoms with Crippen LogP contribution >= 0.6 is 0 Å². The third kappa shape index (κ3) is 3.48. The van der Waals surface area contributed by atoms with Crippen LogP contribution in [0.4, 0.5) is 0 Å². The zero-order valence-electron chi connectivity index (χ0n) is 8.99. The van der Waals surface area contributed by atoms with Crippen LogP contribution in [0.1, 0.15) is 18.1 Å². The molecule has 0 saturated carbocycles. The van der Waals surface area contributed by atoms with Crippen LogP contribution in [0.15, 0.2) is 24.3 Å². The molecule has 1 rings (SSSR count). The van der Waals surface area contributed by atoms with Crippen molar-refractivity contribution >= 4 is 0 Å². The van der Waals surface area contributed by atoms with Crippen molar-refractivity contribution in [1.29, 1.82) is 0 Å². The second kappa shape index (κ2) is 5.78. The molecule has 0 aliphatic rings. The average molecular weight is 193 g/mol. The van der Waals surface area contributed by atoms with Crippen molar-refractivity contribution in [2.45, 2.75) is 20.0 Å². The first-order chi connectivity index (χ1) is 6.76. The largest absolute Gasteiger partial charge is 0.380 e. The summed E-state index contributed by atoms with van der Waals surface area (Å²) in [7, 11) is 1.72. The zero-order valence-corrected chi connectivity index (χ0v) is 8.99. The number of hydrogen-bond donors (Lipinski definition) is 1. The molecule has 0 bridgehead atoms. The van der Waals surface area contributed by atoms with Crippen molar-refractivity contribution < 1.29 is 4.74 Å². The van der Waals surface area contributed by atoms with E-state index in [2.05, 4.69) is 31.2 Å². The van der Waals surface area contributed by atoms with Crippen LogP contribution in [-0.4, -0.2) is 13.7 Å². The van der Waals surface area contributed by atoms with E-state index in [4.69, 9.17) is 10.5 Å². The Morgan fingerprint density at radius 2 is 2.07 bits per heavy atom. The van der Waals surface area contributed by atoms with Crippen LogP contribution in [0.5, 0.6) is 0 Å². The lowest BCUT2D eigenvalue weighted by molar-refractivity contribution is 0.185. The summed E-state index contributed by atoms with van der Waals surface area (Å²) in [4.78, 5) is 0. The van der Waals surface area contributed by atoms with Crippen LogP contribution in [0.2, 0.25) is 0 Å². The van der Waals surface area contributed by atoms with E-state index in [0.717, 1.165) is 13.0 Å². The maximum atomic E-state index is 5.59. The lowest BCUT2D eigenvalue weighted by Crippen LogP contribution is -2.13. The number of hydrogen-bond acceptors (Lipinski definition) is 2. The topological polar surface area (TPSA) is 35.2 Å². The molecule has 0 spiro atoms. The van der Waals surface area contributed by atoms with E-state index in [9.17, 15) is 0 Å². The molecule has 2 nitrogen and oxygen atoms in total. The highest BCUT2D eigenvalue weighted by Gasteiger charge is 2.01. The van der Waals surface area contributed by atoms with Gasteiger partial charge in [-0.2, -0.15) is 0 Å². The van der Waals surface area contributed by atoms with Gasteiger partial charge in [-0.25, -0.2) is 0 Å². The first-order valence-electron chi connectivity index (χ1n) is 5.03. The molecule has 2 heteroatoms. The van der Waals surface area contributed by atoms with Crippen molar-refractivity contribution in [2.24, 2.45) is 11.7 Å². The number of methoxy groups -OCH3 is 1. The fourth-order valence-electron chi connectivity index (χ4n) is 1.50. The van der Waals surface area contributed by atoms with Crippen LogP contribution in [0.25, 0.3) is 0 Å². The smallest absolute Gasteiger partial charge is 0.0713 e. The minimum Gasteiger partial charge on any atom is -0.380 e. The molecule has 2 N–H and O–H groups in total. The van der Waals surface area contributed by atoms with Crippen LogP contribution in [0.3, 0.4) is 0 Å². The highest BCUT2D eigenvalue weighted by Crippen LogP contribution is 2.10. The van der Waals surface area contributed by atoms with Gasteiger partial charge in [-0.05, 0) is 30.0 Å². The second-order valence-corrected chi connectivity index (χ2v) is 3.80. The van der Waals surface area contributed by atoms with Crippen molar-refractivity contribution in [2.75, 3.05) is 13.7 Å². The Hall–Kier alpha value is -0.860. The molecule has 0 heterocycles. The molecule has 0 radical (unpaired) electrons. The fraction of sp³-hybridized carbons (Fsp3) is 0.500. The Balaban J connectivity index is 2.63. The monoisotopic (exact) mass is 193 g/mol. The van der Waals surface area contributed by atoms with Gasteiger partial charge >= 0.3 is 0 Å². The molecule has 78 valence electrons. The second-order valence-electron chi connectivity index (χ2n) is 3.80.